The molecule has 3 nitrogen and oxygen atoms in total. The predicted molar refractivity (Wildman–Crippen MR) is 83.3 cm³/mol. The summed E-state index contributed by atoms with van der Waals surface area (Å²) in [6.07, 6.45) is 8.78. The van der Waals surface area contributed by atoms with E-state index in [2.05, 4.69) is 19.2 Å². The number of ether oxygens (including phenoxy) is 1. The van der Waals surface area contributed by atoms with Crippen LogP contribution in [0.1, 0.15) is 61.0 Å². The third-order valence-corrected chi connectivity index (χ3v) is 6.03. The highest BCUT2D eigenvalue weighted by atomic mass is 32.1. The van der Waals surface area contributed by atoms with Gasteiger partial charge in [-0.2, -0.15) is 0 Å². The molecule has 0 aromatic carbocycles. The number of rotatable bonds is 5. The van der Waals surface area contributed by atoms with E-state index < -0.39 is 0 Å². The van der Waals surface area contributed by atoms with Crippen LogP contribution < -0.4 is 5.32 Å². The maximum atomic E-state index is 5.55. The molecule has 0 bridgehead atoms. The summed E-state index contributed by atoms with van der Waals surface area (Å²) in [5.74, 6) is 0. The quantitative estimate of drug-likeness (QED) is 0.902. The topological polar surface area (TPSA) is 34.2 Å². The van der Waals surface area contributed by atoms with Gasteiger partial charge in [-0.15, -0.1) is 11.3 Å². The van der Waals surface area contributed by atoms with Gasteiger partial charge in [-0.3, -0.25) is 0 Å². The number of thiazole rings is 1. The second kappa shape index (κ2) is 5.74. The van der Waals surface area contributed by atoms with Crippen molar-refractivity contribution in [2.45, 2.75) is 76.5 Å². The Hall–Kier alpha value is -0.450. The van der Waals surface area contributed by atoms with Crippen molar-refractivity contribution in [2.24, 2.45) is 0 Å². The number of aryl methyl sites for hydroxylation is 2. The lowest BCUT2D eigenvalue weighted by Crippen LogP contribution is -2.47. The minimum Gasteiger partial charge on any atom is -0.381 e. The zero-order valence-corrected chi connectivity index (χ0v) is 13.7. The van der Waals surface area contributed by atoms with E-state index in [0.29, 0.717) is 6.10 Å². The minimum absolute atomic E-state index is 0.124. The van der Waals surface area contributed by atoms with Crippen molar-refractivity contribution in [1.29, 1.82) is 0 Å². The van der Waals surface area contributed by atoms with E-state index in [1.165, 1.54) is 28.4 Å². The molecule has 4 heteroatoms. The summed E-state index contributed by atoms with van der Waals surface area (Å²) < 4.78 is 5.55. The lowest BCUT2D eigenvalue weighted by atomic mass is 9.80. The molecule has 1 aromatic heterocycles. The molecule has 2 aliphatic carbocycles. The van der Waals surface area contributed by atoms with Gasteiger partial charge < -0.3 is 10.1 Å². The zero-order valence-electron chi connectivity index (χ0n) is 12.9. The fourth-order valence-corrected chi connectivity index (χ4v) is 4.53. The monoisotopic (exact) mass is 294 g/mol. The van der Waals surface area contributed by atoms with Crippen LogP contribution in [0.4, 0.5) is 0 Å². The highest BCUT2D eigenvalue weighted by molar-refractivity contribution is 7.11. The first-order valence-electron chi connectivity index (χ1n) is 7.94. The van der Waals surface area contributed by atoms with Crippen LogP contribution in [-0.2, 0) is 16.7 Å². The first kappa shape index (κ1) is 14.5. The number of nitrogens with one attached hydrogen (secondary N) is 1. The van der Waals surface area contributed by atoms with Gasteiger partial charge in [-0.25, -0.2) is 4.98 Å². The summed E-state index contributed by atoms with van der Waals surface area (Å²) in [5, 5.41) is 5.25. The minimum atomic E-state index is 0.124. The Morgan fingerprint density at radius 1 is 1.30 bits per heavy atom. The molecular weight excluding hydrogens is 268 g/mol. The second-order valence-electron chi connectivity index (χ2n) is 6.31. The van der Waals surface area contributed by atoms with E-state index in [1.54, 1.807) is 0 Å². The summed E-state index contributed by atoms with van der Waals surface area (Å²) in [6.45, 7) is 4.42. The molecule has 0 amide bonds. The van der Waals surface area contributed by atoms with Crippen molar-refractivity contribution in [1.82, 2.24) is 10.3 Å². The Morgan fingerprint density at radius 2 is 2.00 bits per heavy atom. The van der Waals surface area contributed by atoms with Crippen LogP contribution >= 0.6 is 11.3 Å². The Bertz CT molecular complexity index is 459. The van der Waals surface area contributed by atoms with Gasteiger partial charge in [-0.05, 0) is 51.9 Å². The van der Waals surface area contributed by atoms with Crippen LogP contribution in [0.15, 0.2) is 0 Å². The summed E-state index contributed by atoms with van der Waals surface area (Å²) >= 11 is 1.91. The van der Waals surface area contributed by atoms with Crippen LogP contribution in [0.25, 0.3) is 0 Å². The summed E-state index contributed by atoms with van der Waals surface area (Å²) in [4.78, 5) is 6.37. The van der Waals surface area contributed by atoms with Gasteiger partial charge in [0.05, 0.1) is 17.3 Å². The van der Waals surface area contributed by atoms with Gasteiger partial charge >= 0.3 is 0 Å². The van der Waals surface area contributed by atoms with Crippen LogP contribution in [0.2, 0.25) is 0 Å². The normalized spacial score (nSPS) is 30.6. The van der Waals surface area contributed by atoms with E-state index in [9.17, 15) is 0 Å². The first-order chi connectivity index (χ1) is 9.66. The molecule has 0 spiro atoms. The van der Waals surface area contributed by atoms with Crippen molar-refractivity contribution in [3.63, 3.8) is 0 Å². The summed E-state index contributed by atoms with van der Waals surface area (Å²) in [5.41, 5.74) is 1.41. The molecule has 0 unspecified atom stereocenters. The first-order valence-corrected chi connectivity index (χ1v) is 8.76. The largest absolute Gasteiger partial charge is 0.381 e. The molecule has 0 radical (unpaired) electrons. The maximum Gasteiger partial charge on any atom is 0.113 e. The summed E-state index contributed by atoms with van der Waals surface area (Å²) in [6, 6.07) is 0.725. The molecule has 20 heavy (non-hydrogen) atoms. The molecule has 1 N–H and O–H groups in total. The van der Waals surface area contributed by atoms with Gasteiger partial charge in [0.15, 0.2) is 0 Å². The lowest BCUT2D eigenvalue weighted by molar-refractivity contribution is 0.0397. The molecule has 3 rings (SSSR count). The van der Waals surface area contributed by atoms with Crippen LogP contribution in [0.3, 0.4) is 0 Å². The third kappa shape index (κ3) is 2.78. The van der Waals surface area contributed by atoms with Crippen molar-refractivity contribution in [3.05, 3.63) is 15.6 Å². The van der Waals surface area contributed by atoms with Gasteiger partial charge in [0.1, 0.15) is 5.01 Å². The molecule has 2 saturated carbocycles. The predicted octanol–water partition coefficient (Wildman–Crippen LogP) is 3.55. The molecule has 1 aromatic rings. The number of nitrogens with zero attached hydrogens (tertiary/aromatic N) is 1. The van der Waals surface area contributed by atoms with Gasteiger partial charge in [0, 0.05) is 18.0 Å². The average molecular weight is 294 g/mol. The number of hydrogen-bond donors (Lipinski definition) is 1. The number of hydrogen-bond acceptors (Lipinski definition) is 4. The van der Waals surface area contributed by atoms with E-state index in [4.69, 9.17) is 9.72 Å². The summed E-state index contributed by atoms with van der Waals surface area (Å²) in [7, 11) is 1.84. The Kier molecular flexibility index (Phi) is 4.16. The molecule has 1 heterocycles. The van der Waals surface area contributed by atoms with Gasteiger partial charge in [0.2, 0.25) is 0 Å². The smallest absolute Gasteiger partial charge is 0.113 e. The molecule has 0 saturated heterocycles. The zero-order chi connectivity index (χ0) is 14.2. The van der Waals surface area contributed by atoms with Gasteiger partial charge in [0.25, 0.3) is 0 Å². The highest BCUT2D eigenvalue weighted by Crippen LogP contribution is 2.42. The van der Waals surface area contributed by atoms with Crippen molar-refractivity contribution >= 4 is 11.3 Å². The molecule has 2 fully saturated rings. The van der Waals surface area contributed by atoms with Crippen molar-refractivity contribution in [2.75, 3.05) is 7.11 Å². The van der Waals surface area contributed by atoms with Crippen molar-refractivity contribution < 1.29 is 4.74 Å². The van der Waals surface area contributed by atoms with Gasteiger partial charge in [-0.1, -0.05) is 6.92 Å². The molecule has 0 aliphatic heterocycles. The Morgan fingerprint density at radius 3 is 2.50 bits per heavy atom. The molecule has 112 valence electrons. The Balaban J connectivity index is 1.84. The molecule has 2 aliphatic rings. The molecule has 0 atom stereocenters. The van der Waals surface area contributed by atoms with E-state index in [-0.39, 0.29) is 5.54 Å². The fourth-order valence-electron chi connectivity index (χ4n) is 3.32. The Labute approximate surface area is 126 Å². The second-order valence-corrected chi connectivity index (χ2v) is 7.51. The average Bonchev–Trinajstić information content (AvgIpc) is 3.19. The molecular formula is C16H26N2OS. The SMILES string of the molecule is CCc1nc(C2(NC3CC3)CCC(OC)CC2)sc1C. The van der Waals surface area contributed by atoms with E-state index in [1.807, 2.05) is 18.4 Å². The fraction of sp³-hybridized carbons (Fsp3) is 0.812. The lowest BCUT2D eigenvalue weighted by Gasteiger charge is -2.39. The van der Waals surface area contributed by atoms with E-state index >= 15 is 0 Å². The highest BCUT2D eigenvalue weighted by Gasteiger charge is 2.42. The third-order valence-electron chi connectivity index (χ3n) is 4.81. The maximum absolute atomic E-state index is 5.55. The van der Waals surface area contributed by atoms with Crippen LogP contribution in [0.5, 0.6) is 0 Å². The standard InChI is InChI=1S/C16H26N2OS/c1-4-14-11(2)20-15(17-14)16(18-12-5-6-12)9-7-13(19-3)8-10-16/h12-13,18H,4-10H2,1-3H3. The number of aromatic nitrogens is 1. The van der Waals surface area contributed by atoms with Crippen LogP contribution in [0, 0.1) is 6.92 Å². The number of methoxy groups -OCH3 is 1. The van der Waals surface area contributed by atoms with E-state index in [0.717, 1.165) is 38.1 Å². The van der Waals surface area contributed by atoms with Crippen LogP contribution in [-0.4, -0.2) is 24.2 Å². The van der Waals surface area contributed by atoms with Crippen molar-refractivity contribution in [3.8, 4) is 0 Å².